The van der Waals surface area contributed by atoms with Crippen molar-refractivity contribution in [3.8, 4) is 11.8 Å². The molecule has 0 aliphatic rings. The van der Waals surface area contributed by atoms with Gasteiger partial charge in [0.15, 0.2) is 0 Å². The van der Waals surface area contributed by atoms with Gasteiger partial charge in [-0.2, -0.15) is 5.26 Å². The van der Waals surface area contributed by atoms with Crippen molar-refractivity contribution in [2.45, 2.75) is 0 Å². The Morgan fingerprint density at radius 2 is 2.31 bits per heavy atom. The molecule has 0 amide bonds. The molecule has 1 aromatic rings. The van der Waals surface area contributed by atoms with Crippen LogP contribution < -0.4 is 4.74 Å². The monoisotopic (exact) mass is 181 g/mol. The van der Waals surface area contributed by atoms with Gasteiger partial charge in [-0.25, -0.2) is 9.18 Å². The van der Waals surface area contributed by atoms with E-state index in [2.05, 4.69) is 4.74 Å². The first-order valence-electron chi connectivity index (χ1n) is 3.24. The van der Waals surface area contributed by atoms with Gasteiger partial charge >= 0.3 is 6.16 Å². The summed E-state index contributed by atoms with van der Waals surface area (Å²) in [5, 5.41) is 16.5. The quantitative estimate of drug-likeness (QED) is 0.529. The molecule has 0 radical (unpaired) electrons. The summed E-state index contributed by atoms with van der Waals surface area (Å²) in [5.74, 6) is -0.953. The average molecular weight is 181 g/mol. The molecule has 1 rings (SSSR count). The molecule has 0 saturated carbocycles. The summed E-state index contributed by atoms with van der Waals surface area (Å²) in [6, 6.07) is 4.79. The lowest BCUT2D eigenvalue weighted by Gasteiger charge is -1.99. The number of rotatable bonds is 1. The van der Waals surface area contributed by atoms with Crippen molar-refractivity contribution in [2.75, 3.05) is 0 Å². The van der Waals surface area contributed by atoms with E-state index < -0.39 is 12.0 Å². The third-order valence-corrected chi connectivity index (χ3v) is 1.27. The maximum Gasteiger partial charge on any atom is 0.511 e. The van der Waals surface area contributed by atoms with E-state index >= 15 is 0 Å². The molecule has 0 fully saturated rings. The Balaban J connectivity index is 2.97. The van der Waals surface area contributed by atoms with Gasteiger partial charge in [-0.3, -0.25) is 0 Å². The Morgan fingerprint density at radius 1 is 1.62 bits per heavy atom. The van der Waals surface area contributed by atoms with Gasteiger partial charge in [0.25, 0.3) is 0 Å². The molecule has 4 nitrogen and oxygen atoms in total. The Kier molecular flexibility index (Phi) is 2.45. The van der Waals surface area contributed by atoms with Crippen LogP contribution in [0.2, 0.25) is 0 Å². The van der Waals surface area contributed by atoms with E-state index in [1.807, 2.05) is 0 Å². The Bertz CT molecular complexity index is 383. The van der Waals surface area contributed by atoms with Crippen LogP contribution in [0, 0.1) is 17.1 Å². The summed E-state index contributed by atoms with van der Waals surface area (Å²) in [4.78, 5) is 10.0. The van der Waals surface area contributed by atoms with Crippen LogP contribution in [0.1, 0.15) is 5.56 Å². The van der Waals surface area contributed by atoms with Gasteiger partial charge in [0.1, 0.15) is 17.6 Å². The van der Waals surface area contributed by atoms with Crippen LogP contribution in [0.5, 0.6) is 5.75 Å². The summed E-state index contributed by atoms with van der Waals surface area (Å²) in [7, 11) is 0. The lowest BCUT2D eigenvalue weighted by molar-refractivity contribution is 0.144. The Morgan fingerprint density at radius 3 is 2.77 bits per heavy atom. The second kappa shape index (κ2) is 3.54. The molecule has 5 heteroatoms. The van der Waals surface area contributed by atoms with Crippen LogP contribution in [0.4, 0.5) is 9.18 Å². The van der Waals surface area contributed by atoms with Crippen LogP contribution >= 0.6 is 0 Å². The number of ether oxygens (including phenoxy) is 1. The van der Waals surface area contributed by atoms with E-state index in [4.69, 9.17) is 10.4 Å². The van der Waals surface area contributed by atoms with Gasteiger partial charge < -0.3 is 9.84 Å². The van der Waals surface area contributed by atoms with Gasteiger partial charge in [0.05, 0.1) is 5.56 Å². The summed E-state index contributed by atoms with van der Waals surface area (Å²) >= 11 is 0. The highest BCUT2D eigenvalue weighted by atomic mass is 19.1. The van der Waals surface area contributed by atoms with Crippen LogP contribution in [0.15, 0.2) is 18.2 Å². The number of halogens is 1. The van der Waals surface area contributed by atoms with Crippen molar-refractivity contribution in [2.24, 2.45) is 0 Å². The fourth-order valence-electron chi connectivity index (χ4n) is 0.751. The topological polar surface area (TPSA) is 70.3 Å². The number of hydrogen-bond acceptors (Lipinski definition) is 3. The summed E-state index contributed by atoms with van der Waals surface area (Å²) in [6.45, 7) is 0. The van der Waals surface area contributed by atoms with E-state index in [9.17, 15) is 9.18 Å². The van der Waals surface area contributed by atoms with Gasteiger partial charge in [-0.15, -0.1) is 0 Å². The molecule has 0 spiro atoms. The maximum atomic E-state index is 12.8. The summed E-state index contributed by atoms with van der Waals surface area (Å²) in [6.07, 6.45) is -1.52. The number of hydrogen-bond donors (Lipinski definition) is 1. The van der Waals surface area contributed by atoms with E-state index in [1.54, 1.807) is 6.07 Å². The maximum absolute atomic E-state index is 12.8. The van der Waals surface area contributed by atoms with Crippen molar-refractivity contribution >= 4 is 6.16 Å². The number of carbonyl (C=O) groups is 1. The molecule has 0 atom stereocenters. The molecule has 1 aromatic carbocycles. The minimum absolute atomic E-state index is 0.149. The lowest BCUT2D eigenvalue weighted by atomic mass is 10.2. The first-order valence-corrected chi connectivity index (χ1v) is 3.24. The molecular formula is C8H4FNO3. The molecule has 0 aromatic heterocycles. The molecule has 1 N–H and O–H groups in total. The molecule has 0 heterocycles. The van der Waals surface area contributed by atoms with E-state index in [1.165, 1.54) is 6.07 Å². The lowest BCUT2D eigenvalue weighted by Crippen LogP contribution is -2.03. The third-order valence-electron chi connectivity index (χ3n) is 1.27. The largest absolute Gasteiger partial charge is 0.511 e. The molecule has 0 aliphatic heterocycles. The molecule has 0 unspecified atom stereocenters. The van der Waals surface area contributed by atoms with Crippen molar-refractivity contribution < 1.29 is 19.0 Å². The highest BCUT2D eigenvalue weighted by Gasteiger charge is 2.05. The highest BCUT2D eigenvalue weighted by Crippen LogP contribution is 2.15. The minimum Gasteiger partial charge on any atom is -0.449 e. The van der Waals surface area contributed by atoms with Gasteiger partial charge in [0, 0.05) is 6.07 Å². The summed E-state index contributed by atoms with van der Waals surface area (Å²) < 4.78 is 17.0. The van der Waals surface area contributed by atoms with E-state index in [0.29, 0.717) is 0 Å². The Labute approximate surface area is 72.8 Å². The van der Waals surface area contributed by atoms with Crippen LogP contribution in [0.25, 0.3) is 0 Å². The predicted octanol–water partition coefficient (Wildman–Crippen LogP) is 1.75. The molecule has 0 aliphatic carbocycles. The number of benzene rings is 1. The van der Waals surface area contributed by atoms with Gasteiger partial charge in [0.2, 0.25) is 0 Å². The predicted molar refractivity (Wildman–Crippen MR) is 39.8 cm³/mol. The van der Waals surface area contributed by atoms with Crippen molar-refractivity contribution in [1.29, 1.82) is 5.26 Å². The van der Waals surface area contributed by atoms with E-state index in [0.717, 1.165) is 12.1 Å². The fraction of sp³-hybridized carbons (Fsp3) is 0. The number of carboxylic acid groups (broad SMARTS) is 1. The van der Waals surface area contributed by atoms with Gasteiger partial charge in [-0.05, 0) is 12.1 Å². The molecular weight excluding hydrogens is 177 g/mol. The SMILES string of the molecule is N#Cc1ccc(OC(=O)O)cc1F. The number of nitriles is 1. The zero-order chi connectivity index (χ0) is 9.84. The van der Waals surface area contributed by atoms with Crippen molar-refractivity contribution in [1.82, 2.24) is 0 Å². The zero-order valence-corrected chi connectivity index (χ0v) is 6.32. The normalized spacial score (nSPS) is 8.92. The number of nitrogens with zero attached hydrogens (tertiary/aromatic N) is 1. The smallest absolute Gasteiger partial charge is 0.449 e. The van der Waals surface area contributed by atoms with Gasteiger partial charge in [-0.1, -0.05) is 0 Å². The molecule has 66 valence electrons. The minimum atomic E-state index is -1.52. The Hall–Kier alpha value is -2.09. The second-order valence-electron chi connectivity index (χ2n) is 2.12. The van der Waals surface area contributed by atoms with Crippen LogP contribution in [0.3, 0.4) is 0 Å². The standard InChI is InChI=1S/C8H4FNO3/c9-7-3-6(13-8(11)12)2-1-5(7)4-10/h1-3H,(H,11,12). The van der Waals surface area contributed by atoms with E-state index in [-0.39, 0.29) is 11.3 Å². The van der Waals surface area contributed by atoms with Crippen LogP contribution in [-0.2, 0) is 0 Å². The molecule has 0 bridgehead atoms. The zero-order valence-electron chi connectivity index (χ0n) is 6.32. The second-order valence-corrected chi connectivity index (χ2v) is 2.12. The van der Waals surface area contributed by atoms with Crippen molar-refractivity contribution in [3.63, 3.8) is 0 Å². The average Bonchev–Trinajstić information content (AvgIpc) is 2.03. The third kappa shape index (κ3) is 2.17. The first kappa shape index (κ1) is 9.00. The summed E-state index contributed by atoms with van der Waals surface area (Å²) in [5.41, 5.74) is -0.155. The first-order chi connectivity index (χ1) is 6.13. The van der Waals surface area contributed by atoms with Crippen molar-refractivity contribution in [3.05, 3.63) is 29.6 Å². The molecule has 0 saturated heterocycles. The molecule has 13 heavy (non-hydrogen) atoms. The highest BCUT2D eigenvalue weighted by molar-refractivity contribution is 5.61. The fourth-order valence-corrected chi connectivity index (χ4v) is 0.751. The van der Waals surface area contributed by atoms with Crippen LogP contribution in [-0.4, -0.2) is 11.3 Å².